The number of rotatable bonds is 3. The fraction of sp³-hybridized carbons (Fsp3) is 0.286. The molecule has 0 unspecified atom stereocenters. The maximum absolute atomic E-state index is 12.7. The first-order valence-electron chi connectivity index (χ1n) is 6.16. The van der Waals surface area contributed by atoms with Crippen LogP contribution in [0, 0.1) is 6.92 Å². The van der Waals surface area contributed by atoms with Crippen LogP contribution in [-0.2, 0) is 6.18 Å². The molecule has 0 aliphatic carbocycles. The predicted octanol–water partition coefficient (Wildman–Crippen LogP) is 3.90. The highest BCUT2D eigenvalue weighted by Crippen LogP contribution is 2.33. The van der Waals surface area contributed by atoms with E-state index in [0.29, 0.717) is 23.6 Å². The number of benzene rings is 1. The van der Waals surface area contributed by atoms with Gasteiger partial charge < -0.3 is 5.32 Å². The normalized spacial score (nSPS) is 11.4. The molecule has 1 N–H and O–H groups in total. The molecule has 1 heterocycles. The smallest absolute Gasteiger partial charge is 0.370 e. The van der Waals surface area contributed by atoms with Crippen LogP contribution in [0.2, 0.25) is 0 Å². The molecule has 0 bridgehead atoms. The maximum Gasteiger partial charge on any atom is 0.416 e. The second-order valence-electron chi connectivity index (χ2n) is 4.30. The molecule has 20 heavy (non-hydrogen) atoms. The molecule has 2 rings (SSSR count). The molecule has 3 nitrogen and oxygen atoms in total. The molecule has 6 heteroatoms. The Hall–Kier alpha value is -2.11. The fourth-order valence-corrected chi connectivity index (χ4v) is 1.93. The zero-order valence-corrected chi connectivity index (χ0v) is 11.1. The Morgan fingerprint density at radius 3 is 2.60 bits per heavy atom. The largest absolute Gasteiger partial charge is 0.416 e. The van der Waals surface area contributed by atoms with E-state index in [1.54, 1.807) is 13.0 Å². The van der Waals surface area contributed by atoms with Crippen LogP contribution in [0.25, 0.3) is 11.3 Å². The van der Waals surface area contributed by atoms with Crippen LogP contribution >= 0.6 is 0 Å². The second kappa shape index (κ2) is 5.48. The first kappa shape index (κ1) is 14.3. The average Bonchev–Trinajstić information content (AvgIpc) is 2.41. The molecule has 0 amide bonds. The van der Waals surface area contributed by atoms with E-state index in [1.165, 1.54) is 12.4 Å². The lowest BCUT2D eigenvalue weighted by Gasteiger charge is -2.12. The van der Waals surface area contributed by atoms with E-state index in [4.69, 9.17) is 0 Å². The molecular weight excluding hydrogens is 267 g/mol. The molecule has 0 aliphatic heterocycles. The van der Waals surface area contributed by atoms with Crippen molar-refractivity contribution in [3.8, 4) is 11.3 Å². The van der Waals surface area contributed by atoms with Crippen LogP contribution in [0.3, 0.4) is 0 Å². The number of nitrogens with one attached hydrogen (secondary N) is 1. The van der Waals surface area contributed by atoms with Crippen molar-refractivity contribution in [2.75, 3.05) is 11.9 Å². The molecule has 1 aromatic carbocycles. The topological polar surface area (TPSA) is 37.8 Å². The van der Waals surface area contributed by atoms with E-state index < -0.39 is 11.7 Å². The number of alkyl halides is 3. The minimum absolute atomic E-state index is 0.430. The minimum atomic E-state index is -4.36. The van der Waals surface area contributed by atoms with Crippen LogP contribution < -0.4 is 5.32 Å². The minimum Gasteiger partial charge on any atom is -0.370 e. The summed E-state index contributed by atoms with van der Waals surface area (Å²) in [4.78, 5) is 8.18. The first-order valence-corrected chi connectivity index (χ1v) is 6.16. The molecule has 0 saturated carbocycles. The second-order valence-corrected chi connectivity index (χ2v) is 4.30. The van der Waals surface area contributed by atoms with Gasteiger partial charge in [0.1, 0.15) is 12.1 Å². The van der Waals surface area contributed by atoms with Crippen LogP contribution in [0.4, 0.5) is 19.0 Å². The van der Waals surface area contributed by atoms with Crippen LogP contribution in [-0.4, -0.2) is 16.5 Å². The van der Waals surface area contributed by atoms with E-state index in [1.807, 2.05) is 6.92 Å². The summed E-state index contributed by atoms with van der Waals surface area (Å²) in [7, 11) is 0. The Bertz CT molecular complexity index is 609. The van der Waals surface area contributed by atoms with E-state index in [-0.39, 0.29) is 0 Å². The Morgan fingerprint density at radius 2 is 1.95 bits per heavy atom. The van der Waals surface area contributed by atoms with Crippen molar-refractivity contribution in [2.24, 2.45) is 0 Å². The molecule has 0 atom stereocenters. The number of hydrogen-bond donors (Lipinski definition) is 1. The molecule has 0 aliphatic rings. The van der Waals surface area contributed by atoms with Crippen LogP contribution in [0.1, 0.15) is 18.1 Å². The summed E-state index contributed by atoms with van der Waals surface area (Å²) in [6.07, 6.45) is -3.01. The van der Waals surface area contributed by atoms with Crippen molar-refractivity contribution < 1.29 is 13.2 Å². The number of halogens is 3. The highest BCUT2D eigenvalue weighted by Gasteiger charge is 2.30. The number of hydrogen-bond acceptors (Lipinski definition) is 3. The Morgan fingerprint density at radius 1 is 1.20 bits per heavy atom. The van der Waals surface area contributed by atoms with Crippen molar-refractivity contribution in [3.63, 3.8) is 0 Å². The average molecular weight is 281 g/mol. The highest BCUT2D eigenvalue weighted by molar-refractivity contribution is 5.68. The van der Waals surface area contributed by atoms with Gasteiger partial charge in [-0.15, -0.1) is 0 Å². The standard InChI is InChI=1S/C14H14F3N3/c1-3-18-13-9(2)12(19-8-20-13)10-5-4-6-11(7-10)14(15,16)17/h4-8H,3H2,1-2H3,(H,18,19,20). The zero-order chi connectivity index (χ0) is 14.8. The SMILES string of the molecule is CCNc1ncnc(-c2cccc(C(F)(F)F)c2)c1C. The lowest BCUT2D eigenvalue weighted by molar-refractivity contribution is -0.137. The quantitative estimate of drug-likeness (QED) is 0.927. The van der Waals surface area contributed by atoms with Crippen molar-refractivity contribution >= 4 is 5.82 Å². The van der Waals surface area contributed by atoms with Gasteiger partial charge >= 0.3 is 6.18 Å². The van der Waals surface area contributed by atoms with Crippen molar-refractivity contribution in [1.82, 2.24) is 9.97 Å². The summed E-state index contributed by atoms with van der Waals surface area (Å²) in [6, 6.07) is 5.14. The Labute approximate surface area is 114 Å². The number of nitrogens with zero attached hydrogens (tertiary/aromatic N) is 2. The monoisotopic (exact) mass is 281 g/mol. The van der Waals surface area contributed by atoms with Crippen molar-refractivity contribution in [1.29, 1.82) is 0 Å². The van der Waals surface area contributed by atoms with E-state index in [9.17, 15) is 13.2 Å². The third kappa shape index (κ3) is 2.89. The molecule has 0 radical (unpaired) electrons. The summed E-state index contributed by atoms with van der Waals surface area (Å²) in [6.45, 7) is 4.39. The van der Waals surface area contributed by atoms with Gasteiger partial charge in [-0.25, -0.2) is 9.97 Å². The van der Waals surface area contributed by atoms with Gasteiger partial charge in [0.05, 0.1) is 11.3 Å². The van der Waals surface area contributed by atoms with Crippen molar-refractivity contribution in [3.05, 3.63) is 41.7 Å². The van der Waals surface area contributed by atoms with Crippen molar-refractivity contribution in [2.45, 2.75) is 20.0 Å². The summed E-state index contributed by atoms with van der Waals surface area (Å²) >= 11 is 0. The predicted molar refractivity (Wildman–Crippen MR) is 71.4 cm³/mol. The maximum atomic E-state index is 12.7. The van der Waals surface area contributed by atoms with E-state index >= 15 is 0 Å². The van der Waals surface area contributed by atoms with Gasteiger partial charge in [-0.2, -0.15) is 13.2 Å². The van der Waals surface area contributed by atoms with Gasteiger partial charge in [-0.3, -0.25) is 0 Å². The van der Waals surface area contributed by atoms with Crippen LogP contribution in [0.5, 0.6) is 0 Å². The van der Waals surface area contributed by atoms with Gasteiger partial charge in [0.2, 0.25) is 0 Å². The Balaban J connectivity index is 2.49. The highest BCUT2D eigenvalue weighted by atomic mass is 19.4. The number of anilines is 1. The molecule has 106 valence electrons. The van der Waals surface area contributed by atoms with Crippen LogP contribution in [0.15, 0.2) is 30.6 Å². The summed E-state index contributed by atoms with van der Waals surface area (Å²) in [5, 5.41) is 3.06. The molecule has 0 spiro atoms. The van der Waals surface area contributed by atoms with E-state index in [2.05, 4.69) is 15.3 Å². The first-order chi connectivity index (χ1) is 9.43. The van der Waals surface area contributed by atoms with Gasteiger partial charge in [0.25, 0.3) is 0 Å². The number of aromatic nitrogens is 2. The lowest BCUT2D eigenvalue weighted by Crippen LogP contribution is -2.06. The van der Waals surface area contributed by atoms with Gasteiger partial charge in [-0.05, 0) is 26.0 Å². The van der Waals surface area contributed by atoms with Gasteiger partial charge in [-0.1, -0.05) is 12.1 Å². The Kier molecular flexibility index (Phi) is 3.92. The third-order valence-electron chi connectivity index (χ3n) is 2.89. The molecule has 2 aromatic rings. The molecule has 0 fully saturated rings. The zero-order valence-electron chi connectivity index (χ0n) is 11.1. The van der Waals surface area contributed by atoms with Gasteiger partial charge in [0.15, 0.2) is 0 Å². The molecule has 0 saturated heterocycles. The lowest BCUT2D eigenvalue weighted by atomic mass is 10.0. The summed E-state index contributed by atoms with van der Waals surface area (Å²) < 4.78 is 38.2. The van der Waals surface area contributed by atoms with E-state index in [0.717, 1.165) is 17.7 Å². The summed E-state index contributed by atoms with van der Waals surface area (Å²) in [5.41, 5.74) is 0.979. The molecular formula is C14H14F3N3. The summed E-state index contributed by atoms with van der Waals surface area (Å²) in [5.74, 6) is 0.634. The van der Waals surface area contributed by atoms with Gasteiger partial charge in [0, 0.05) is 17.7 Å². The fourth-order valence-electron chi connectivity index (χ4n) is 1.93. The molecule has 1 aromatic heterocycles. The third-order valence-corrected chi connectivity index (χ3v) is 2.89.